The molecule has 4 heterocycles. The average molecular weight is 437 g/mol. The number of H-pyrrole nitrogens is 1. The number of ether oxygens (including phenoxy) is 1. The van der Waals surface area contributed by atoms with E-state index in [1.165, 1.54) is 10.6 Å². The van der Waals surface area contributed by atoms with Gasteiger partial charge in [-0.15, -0.1) is 0 Å². The summed E-state index contributed by atoms with van der Waals surface area (Å²) in [7, 11) is 5.10. The van der Waals surface area contributed by atoms with E-state index in [9.17, 15) is 9.18 Å². The van der Waals surface area contributed by atoms with Gasteiger partial charge in [-0.3, -0.25) is 9.20 Å². The number of carbonyl (C=O) groups is 1. The Balaban J connectivity index is 1.44. The summed E-state index contributed by atoms with van der Waals surface area (Å²) < 4.78 is 21.0. The number of rotatable bonds is 5. The van der Waals surface area contributed by atoms with Crippen molar-refractivity contribution in [3.05, 3.63) is 36.7 Å². The number of pyridine rings is 1. The van der Waals surface area contributed by atoms with Gasteiger partial charge in [0.15, 0.2) is 0 Å². The van der Waals surface area contributed by atoms with Crippen LogP contribution in [0, 0.1) is 11.4 Å². The molecule has 4 aromatic heterocycles. The maximum absolute atomic E-state index is 14.0. The molecule has 0 saturated heterocycles. The van der Waals surface area contributed by atoms with Crippen molar-refractivity contribution in [1.82, 2.24) is 29.2 Å². The van der Waals surface area contributed by atoms with Gasteiger partial charge in [-0.05, 0) is 25.0 Å². The van der Waals surface area contributed by atoms with Crippen LogP contribution in [0.15, 0.2) is 30.7 Å². The van der Waals surface area contributed by atoms with Crippen LogP contribution in [0.25, 0.3) is 27.8 Å². The van der Waals surface area contributed by atoms with Crippen LogP contribution in [0.5, 0.6) is 5.88 Å². The SMILES string of the molecule is COc1nc(N[C@H]2C[C@@](C)(C(=O)N(C)C)C2)nc2[nH]cc(-c3ccc4ncc(F)n4c3)c12. The van der Waals surface area contributed by atoms with Crippen molar-refractivity contribution in [1.29, 1.82) is 0 Å². The van der Waals surface area contributed by atoms with Crippen LogP contribution in [0.2, 0.25) is 0 Å². The fourth-order valence-corrected chi connectivity index (χ4v) is 4.58. The van der Waals surface area contributed by atoms with Crippen molar-refractivity contribution in [3.8, 4) is 17.0 Å². The Kier molecular flexibility index (Phi) is 4.54. The van der Waals surface area contributed by atoms with E-state index in [2.05, 4.69) is 25.3 Å². The molecule has 5 rings (SSSR count). The van der Waals surface area contributed by atoms with Gasteiger partial charge in [-0.25, -0.2) is 4.98 Å². The zero-order chi connectivity index (χ0) is 22.6. The molecule has 0 unspecified atom stereocenters. The zero-order valence-corrected chi connectivity index (χ0v) is 18.3. The predicted molar refractivity (Wildman–Crippen MR) is 118 cm³/mol. The van der Waals surface area contributed by atoms with Gasteiger partial charge in [0, 0.05) is 43.7 Å². The summed E-state index contributed by atoms with van der Waals surface area (Å²) in [4.78, 5) is 30.3. The van der Waals surface area contributed by atoms with Crippen LogP contribution in [0.4, 0.5) is 10.3 Å². The third-order valence-corrected chi connectivity index (χ3v) is 6.11. The van der Waals surface area contributed by atoms with Gasteiger partial charge in [0.2, 0.25) is 23.7 Å². The van der Waals surface area contributed by atoms with Crippen LogP contribution >= 0.6 is 0 Å². The lowest BCUT2D eigenvalue weighted by Gasteiger charge is -2.45. The first kappa shape index (κ1) is 20.2. The monoisotopic (exact) mass is 437 g/mol. The van der Waals surface area contributed by atoms with Crippen molar-refractivity contribution in [2.45, 2.75) is 25.8 Å². The van der Waals surface area contributed by atoms with Gasteiger partial charge in [-0.2, -0.15) is 14.4 Å². The number of anilines is 1. The number of methoxy groups -OCH3 is 1. The summed E-state index contributed by atoms with van der Waals surface area (Å²) in [5.74, 6) is 0.538. The third kappa shape index (κ3) is 3.14. The van der Waals surface area contributed by atoms with Crippen LogP contribution in [-0.4, -0.2) is 62.4 Å². The van der Waals surface area contributed by atoms with Crippen LogP contribution in [-0.2, 0) is 4.79 Å². The van der Waals surface area contributed by atoms with E-state index in [1.807, 2.05) is 13.0 Å². The van der Waals surface area contributed by atoms with Gasteiger partial charge < -0.3 is 19.9 Å². The van der Waals surface area contributed by atoms with E-state index in [0.29, 0.717) is 41.4 Å². The molecular formula is C22H24FN7O2. The summed E-state index contributed by atoms with van der Waals surface area (Å²) >= 11 is 0. The van der Waals surface area contributed by atoms with E-state index in [4.69, 9.17) is 4.74 Å². The molecule has 0 aliphatic heterocycles. The number of aromatic nitrogens is 5. The highest BCUT2D eigenvalue weighted by Gasteiger charge is 2.47. The Morgan fingerprint density at radius 3 is 2.84 bits per heavy atom. The summed E-state index contributed by atoms with van der Waals surface area (Å²) in [6.07, 6.45) is 6.09. The van der Waals surface area contributed by atoms with Gasteiger partial charge in [0.25, 0.3) is 0 Å². The summed E-state index contributed by atoms with van der Waals surface area (Å²) in [5.41, 5.74) is 2.34. The molecule has 1 fully saturated rings. The van der Waals surface area contributed by atoms with Crippen molar-refractivity contribution in [2.24, 2.45) is 5.41 Å². The lowest BCUT2D eigenvalue weighted by Crippen LogP contribution is -2.52. The van der Waals surface area contributed by atoms with Crippen molar-refractivity contribution in [3.63, 3.8) is 0 Å². The third-order valence-electron chi connectivity index (χ3n) is 6.11. The highest BCUT2D eigenvalue weighted by atomic mass is 19.1. The molecule has 32 heavy (non-hydrogen) atoms. The number of nitrogens with one attached hydrogen (secondary N) is 2. The van der Waals surface area contributed by atoms with E-state index in [-0.39, 0.29) is 17.4 Å². The van der Waals surface area contributed by atoms with E-state index in [0.717, 1.165) is 11.1 Å². The summed E-state index contributed by atoms with van der Waals surface area (Å²) in [5, 5.41) is 4.02. The smallest absolute Gasteiger partial charge is 0.228 e. The lowest BCUT2D eigenvalue weighted by molar-refractivity contribution is -0.143. The second kappa shape index (κ2) is 7.18. The topological polar surface area (TPSA) is 100 Å². The molecule has 9 nitrogen and oxygen atoms in total. The lowest BCUT2D eigenvalue weighted by atomic mass is 9.66. The van der Waals surface area contributed by atoms with Gasteiger partial charge >= 0.3 is 0 Å². The number of aromatic amines is 1. The molecule has 0 aromatic carbocycles. The standard InChI is InChI=1S/C22H24FN7O2/c1-22(20(31)29(2)3)7-13(8-22)26-21-27-18-17(19(28-21)32-4)14(9-25-18)12-5-6-16-24-10-15(23)30(16)11-12/h5-6,9-11,13H,7-8H2,1-4H3,(H2,25,26,27,28)/t13-,22+. The van der Waals surface area contributed by atoms with E-state index in [1.54, 1.807) is 44.6 Å². The molecule has 0 bridgehead atoms. The Labute approximate surface area is 183 Å². The molecule has 166 valence electrons. The minimum Gasteiger partial charge on any atom is -0.480 e. The quantitative estimate of drug-likeness (QED) is 0.498. The highest BCUT2D eigenvalue weighted by Crippen LogP contribution is 2.43. The number of imidazole rings is 1. The molecule has 1 aliphatic carbocycles. The number of carbonyl (C=O) groups excluding carboxylic acids is 1. The Morgan fingerprint density at radius 1 is 1.34 bits per heavy atom. The number of hydrogen-bond acceptors (Lipinski definition) is 6. The second-order valence-corrected chi connectivity index (χ2v) is 8.72. The predicted octanol–water partition coefficient (Wildman–Crippen LogP) is 3.09. The van der Waals surface area contributed by atoms with Crippen molar-refractivity contribution >= 4 is 28.5 Å². The Morgan fingerprint density at radius 2 is 2.12 bits per heavy atom. The van der Waals surface area contributed by atoms with Crippen molar-refractivity contribution < 1.29 is 13.9 Å². The zero-order valence-electron chi connectivity index (χ0n) is 18.3. The first-order valence-electron chi connectivity index (χ1n) is 10.3. The fraction of sp³-hybridized carbons (Fsp3) is 0.364. The van der Waals surface area contributed by atoms with Gasteiger partial charge in [-0.1, -0.05) is 6.92 Å². The maximum Gasteiger partial charge on any atom is 0.228 e. The molecule has 0 radical (unpaired) electrons. The molecule has 0 atom stereocenters. The molecule has 1 amide bonds. The largest absolute Gasteiger partial charge is 0.480 e. The number of halogens is 1. The van der Waals surface area contributed by atoms with E-state index < -0.39 is 5.95 Å². The van der Waals surface area contributed by atoms with Gasteiger partial charge in [0.1, 0.15) is 11.3 Å². The molecular weight excluding hydrogens is 413 g/mol. The maximum atomic E-state index is 14.0. The van der Waals surface area contributed by atoms with Crippen LogP contribution in [0.3, 0.4) is 0 Å². The van der Waals surface area contributed by atoms with Crippen LogP contribution in [0.1, 0.15) is 19.8 Å². The molecule has 0 spiro atoms. The minimum absolute atomic E-state index is 0.104. The minimum atomic E-state index is -0.434. The molecule has 2 N–H and O–H groups in total. The average Bonchev–Trinajstić information content (AvgIpc) is 3.34. The second-order valence-electron chi connectivity index (χ2n) is 8.72. The summed E-state index contributed by atoms with van der Waals surface area (Å²) in [6.45, 7) is 1.98. The van der Waals surface area contributed by atoms with Crippen LogP contribution < -0.4 is 10.1 Å². The fourth-order valence-electron chi connectivity index (χ4n) is 4.58. The van der Waals surface area contributed by atoms with Gasteiger partial charge in [0.05, 0.1) is 24.1 Å². The Bertz CT molecular complexity index is 1340. The highest BCUT2D eigenvalue weighted by molar-refractivity contribution is 5.97. The molecule has 1 aliphatic rings. The first-order valence-corrected chi connectivity index (χ1v) is 10.3. The number of hydrogen-bond donors (Lipinski definition) is 2. The number of amides is 1. The van der Waals surface area contributed by atoms with Crippen molar-refractivity contribution in [2.75, 3.05) is 26.5 Å². The molecule has 1 saturated carbocycles. The number of nitrogens with zero attached hydrogens (tertiary/aromatic N) is 5. The Hall–Kier alpha value is -3.69. The van der Waals surface area contributed by atoms with E-state index >= 15 is 0 Å². The molecule has 4 aromatic rings. The molecule has 10 heteroatoms. The first-order chi connectivity index (χ1) is 15.3. The summed E-state index contributed by atoms with van der Waals surface area (Å²) in [6, 6.07) is 3.72. The number of fused-ring (bicyclic) bond motifs is 2. The normalized spacial score (nSPS) is 20.3.